The number of thioether (sulfide) groups is 1. The average Bonchev–Trinajstić information content (AvgIpc) is 3.00. The van der Waals surface area contributed by atoms with Crippen molar-refractivity contribution >= 4 is 35.8 Å². The van der Waals surface area contributed by atoms with Gasteiger partial charge in [-0.25, -0.2) is 4.79 Å². The zero-order chi connectivity index (χ0) is 31.4. The van der Waals surface area contributed by atoms with E-state index in [0.717, 1.165) is 17.4 Å². The number of amides is 2. The van der Waals surface area contributed by atoms with Crippen LogP contribution in [-0.4, -0.2) is 105 Å². The van der Waals surface area contributed by atoms with E-state index in [4.69, 9.17) is 9.47 Å². The smallest absolute Gasteiger partial charge is 0.364 e. The number of carbonyl (C=O) groups is 4. The summed E-state index contributed by atoms with van der Waals surface area (Å²) < 4.78 is 11.3. The molecule has 0 saturated carbocycles. The van der Waals surface area contributed by atoms with Gasteiger partial charge in [-0.3, -0.25) is 9.59 Å². The zero-order valence-electron chi connectivity index (χ0n) is 23.8. The van der Waals surface area contributed by atoms with Gasteiger partial charge in [0.15, 0.2) is 0 Å². The maximum atomic E-state index is 12.7. The standard InChI is InChI=1S/C30H38N2O10S/c1-19(34)32-25-23(35)17-30(29(39)40,41-14-6-16-43-15-5-13-33)42-27(25)26(37)24(36)18-31-28(38)22-11-9-21(10-12-22)20-7-3-2-4-8-20/h2-4,7-13,23-27,35-37H,5-6,14-18H2,1H3,(H,31,38)(H,32,34)(H,39,40)/t23-,24+,25?,26+,27?,30+/m0/s1. The normalized spacial score (nSPS) is 23.1. The van der Waals surface area contributed by atoms with Gasteiger partial charge in [0, 0.05) is 31.9 Å². The highest BCUT2D eigenvalue weighted by Crippen LogP contribution is 2.34. The second-order valence-corrected chi connectivity index (χ2v) is 11.3. The summed E-state index contributed by atoms with van der Waals surface area (Å²) >= 11 is 1.49. The Bertz CT molecular complexity index is 1220. The first-order valence-electron chi connectivity index (χ1n) is 13.9. The van der Waals surface area contributed by atoms with Crippen LogP contribution in [0.3, 0.4) is 0 Å². The van der Waals surface area contributed by atoms with Gasteiger partial charge < -0.3 is 45.3 Å². The Labute approximate surface area is 253 Å². The summed E-state index contributed by atoms with van der Waals surface area (Å²) in [6.45, 7) is 0.665. The van der Waals surface area contributed by atoms with Crippen molar-refractivity contribution in [1.29, 1.82) is 0 Å². The summed E-state index contributed by atoms with van der Waals surface area (Å²) in [5.41, 5.74) is 2.20. The molecular weight excluding hydrogens is 580 g/mol. The molecule has 0 aromatic heterocycles. The molecular formula is C30H38N2O10S. The third kappa shape index (κ3) is 9.58. The van der Waals surface area contributed by atoms with Gasteiger partial charge in [0.2, 0.25) is 5.91 Å². The van der Waals surface area contributed by atoms with Crippen molar-refractivity contribution in [2.24, 2.45) is 0 Å². The number of aliphatic hydroxyl groups excluding tert-OH is 3. The number of aliphatic carboxylic acids is 1. The quantitative estimate of drug-likeness (QED) is 0.116. The molecule has 0 radical (unpaired) electrons. The number of carbonyl (C=O) groups excluding carboxylic acids is 3. The van der Waals surface area contributed by atoms with E-state index >= 15 is 0 Å². The largest absolute Gasteiger partial charge is 0.477 e. The van der Waals surface area contributed by atoms with Crippen LogP contribution in [-0.2, 0) is 23.9 Å². The first-order valence-corrected chi connectivity index (χ1v) is 15.0. The minimum Gasteiger partial charge on any atom is -0.477 e. The Hall–Kier alpha value is -3.33. The number of carboxylic acids is 1. The highest BCUT2D eigenvalue weighted by atomic mass is 32.2. The number of nitrogens with one attached hydrogen (secondary N) is 2. The van der Waals surface area contributed by atoms with E-state index in [1.807, 2.05) is 30.3 Å². The molecule has 6 N–H and O–H groups in total. The summed E-state index contributed by atoms with van der Waals surface area (Å²) in [6, 6.07) is 15.1. The molecule has 0 bridgehead atoms. The molecule has 12 nitrogen and oxygen atoms in total. The van der Waals surface area contributed by atoms with Gasteiger partial charge in [-0.05, 0) is 41.2 Å². The van der Waals surface area contributed by atoms with Gasteiger partial charge >= 0.3 is 5.97 Å². The van der Waals surface area contributed by atoms with Crippen LogP contribution in [0.4, 0.5) is 0 Å². The summed E-state index contributed by atoms with van der Waals surface area (Å²) in [6.07, 6.45) is -5.56. The molecule has 1 aliphatic heterocycles. The highest BCUT2D eigenvalue weighted by Gasteiger charge is 2.55. The predicted octanol–water partition coefficient (Wildman–Crippen LogP) is 0.970. The number of benzene rings is 2. The molecule has 0 aliphatic carbocycles. The van der Waals surface area contributed by atoms with Crippen molar-refractivity contribution in [3.8, 4) is 11.1 Å². The molecule has 234 valence electrons. The molecule has 2 aromatic rings. The van der Waals surface area contributed by atoms with E-state index < -0.39 is 67.0 Å². The van der Waals surface area contributed by atoms with Crippen LogP contribution < -0.4 is 10.6 Å². The molecule has 1 heterocycles. The number of hydrogen-bond acceptors (Lipinski definition) is 10. The van der Waals surface area contributed by atoms with Crippen molar-refractivity contribution in [1.82, 2.24) is 10.6 Å². The van der Waals surface area contributed by atoms with Crippen LogP contribution in [0.15, 0.2) is 54.6 Å². The molecule has 3 rings (SSSR count). The second-order valence-electron chi connectivity index (χ2n) is 10.1. The summed E-state index contributed by atoms with van der Waals surface area (Å²) in [5.74, 6) is -3.83. The summed E-state index contributed by atoms with van der Waals surface area (Å²) in [7, 11) is 0. The lowest BCUT2D eigenvalue weighted by molar-refractivity contribution is -0.310. The minimum atomic E-state index is -2.36. The van der Waals surface area contributed by atoms with Gasteiger partial charge in [-0.2, -0.15) is 11.8 Å². The lowest BCUT2D eigenvalue weighted by Crippen LogP contribution is -2.68. The maximum Gasteiger partial charge on any atom is 0.364 e. The van der Waals surface area contributed by atoms with Crippen LogP contribution in [0.5, 0.6) is 0 Å². The van der Waals surface area contributed by atoms with Crippen molar-refractivity contribution in [2.45, 2.75) is 62.4 Å². The fraction of sp³-hybridized carbons (Fsp3) is 0.467. The van der Waals surface area contributed by atoms with Gasteiger partial charge in [-0.1, -0.05) is 42.5 Å². The van der Waals surface area contributed by atoms with Crippen molar-refractivity contribution < 1.29 is 49.1 Å². The predicted molar refractivity (Wildman–Crippen MR) is 158 cm³/mol. The molecule has 2 aromatic carbocycles. The lowest BCUT2D eigenvalue weighted by Gasteiger charge is -2.46. The number of rotatable bonds is 16. The summed E-state index contributed by atoms with van der Waals surface area (Å²) in [5, 5.41) is 47.6. The number of aliphatic hydroxyl groups is 3. The Morgan fingerprint density at radius 3 is 2.40 bits per heavy atom. The SMILES string of the molecule is CC(=O)NC1C([C@H](O)[C@H](O)CNC(=O)c2ccc(-c3ccccc3)cc2)O[C@@](OCCCSCCC=O)(C(=O)O)C[C@@H]1O. The number of aldehydes is 1. The Balaban J connectivity index is 1.66. The van der Waals surface area contributed by atoms with E-state index in [1.165, 1.54) is 18.7 Å². The van der Waals surface area contributed by atoms with Crippen LogP contribution in [0.2, 0.25) is 0 Å². The molecule has 43 heavy (non-hydrogen) atoms. The fourth-order valence-electron chi connectivity index (χ4n) is 4.67. The molecule has 1 aliphatic rings. The first kappa shape index (κ1) is 34.2. The van der Waals surface area contributed by atoms with E-state index in [9.17, 15) is 39.6 Å². The fourth-order valence-corrected chi connectivity index (χ4v) is 5.45. The van der Waals surface area contributed by atoms with E-state index in [-0.39, 0.29) is 6.61 Å². The number of ether oxygens (including phenoxy) is 2. The molecule has 0 spiro atoms. The van der Waals surface area contributed by atoms with E-state index in [0.29, 0.717) is 29.9 Å². The monoisotopic (exact) mass is 618 g/mol. The topological polar surface area (TPSA) is 192 Å². The first-order chi connectivity index (χ1) is 20.6. The molecule has 13 heteroatoms. The summed E-state index contributed by atoms with van der Waals surface area (Å²) in [4.78, 5) is 47.3. The van der Waals surface area contributed by atoms with Crippen LogP contribution >= 0.6 is 11.8 Å². The maximum absolute atomic E-state index is 12.7. The number of carboxylic acid groups (broad SMARTS) is 1. The third-order valence-electron chi connectivity index (χ3n) is 6.87. The second kappa shape index (κ2) is 16.5. The minimum absolute atomic E-state index is 0.0671. The van der Waals surface area contributed by atoms with Crippen LogP contribution in [0.1, 0.15) is 36.5 Å². The van der Waals surface area contributed by atoms with E-state index in [2.05, 4.69) is 10.6 Å². The van der Waals surface area contributed by atoms with Gasteiger partial charge in [0.1, 0.15) is 18.5 Å². The molecule has 2 unspecified atom stereocenters. The Morgan fingerprint density at radius 2 is 1.77 bits per heavy atom. The molecule has 2 amide bonds. The molecule has 6 atom stereocenters. The van der Waals surface area contributed by atoms with Crippen LogP contribution in [0, 0.1) is 0 Å². The molecule has 1 fully saturated rings. The highest BCUT2D eigenvalue weighted by molar-refractivity contribution is 7.99. The van der Waals surface area contributed by atoms with Crippen molar-refractivity contribution in [3.63, 3.8) is 0 Å². The van der Waals surface area contributed by atoms with Gasteiger partial charge in [-0.15, -0.1) is 0 Å². The average molecular weight is 619 g/mol. The van der Waals surface area contributed by atoms with Gasteiger partial charge in [0.05, 0.1) is 24.9 Å². The van der Waals surface area contributed by atoms with Crippen molar-refractivity contribution in [3.05, 3.63) is 60.2 Å². The number of hydrogen-bond donors (Lipinski definition) is 6. The lowest BCUT2D eigenvalue weighted by atomic mass is 9.88. The van der Waals surface area contributed by atoms with Crippen molar-refractivity contribution in [2.75, 3.05) is 24.7 Å². The Kier molecular flexibility index (Phi) is 13.1. The molecule has 1 saturated heterocycles. The van der Waals surface area contributed by atoms with E-state index in [1.54, 1.807) is 24.3 Å². The van der Waals surface area contributed by atoms with Crippen LogP contribution in [0.25, 0.3) is 11.1 Å². The Morgan fingerprint density at radius 1 is 1.09 bits per heavy atom. The van der Waals surface area contributed by atoms with Gasteiger partial charge in [0.25, 0.3) is 11.7 Å². The zero-order valence-corrected chi connectivity index (χ0v) is 24.6. The third-order valence-corrected chi connectivity index (χ3v) is 7.98.